The van der Waals surface area contributed by atoms with Crippen LogP contribution in [0.3, 0.4) is 0 Å². The summed E-state index contributed by atoms with van der Waals surface area (Å²) in [4.78, 5) is 14.8. The number of aromatic nitrogens is 3. The molecule has 5 nitrogen and oxygen atoms in total. The molecule has 1 aliphatic rings. The molecule has 0 amide bonds. The first kappa shape index (κ1) is 12.9. The van der Waals surface area contributed by atoms with Gasteiger partial charge in [-0.25, -0.2) is 14.5 Å². The quantitative estimate of drug-likeness (QED) is 0.793. The zero-order valence-electron chi connectivity index (χ0n) is 10.1. The van der Waals surface area contributed by atoms with E-state index in [9.17, 15) is 4.79 Å². The standard InChI is InChI=1S/C12H11N3O2.Li/c16-12(17)11-13-10-7-6-9(15(10)14-11)8-4-2-1-3-5-8;/h1-5,9H,6-7H2,(H,16,17);. The van der Waals surface area contributed by atoms with Crippen molar-refractivity contribution in [3.63, 3.8) is 0 Å². The van der Waals surface area contributed by atoms with E-state index in [1.807, 2.05) is 30.3 Å². The molecule has 0 saturated heterocycles. The maximum Gasteiger partial charge on any atom is 0.375 e. The van der Waals surface area contributed by atoms with Crippen LogP contribution >= 0.6 is 0 Å². The summed E-state index contributed by atoms with van der Waals surface area (Å²) in [6.07, 6.45) is 1.71. The molecule has 1 aromatic heterocycles. The van der Waals surface area contributed by atoms with Gasteiger partial charge in [-0.05, 0) is 12.0 Å². The zero-order valence-corrected chi connectivity index (χ0v) is 10.1. The minimum atomic E-state index is -1.07. The Morgan fingerprint density at radius 2 is 2.06 bits per heavy atom. The van der Waals surface area contributed by atoms with Crippen molar-refractivity contribution in [2.45, 2.75) is 18.9 Å². The summed E-state index contributed by atoms with van der Waals surface area (Å²) >= 11 is 0. The van der Waals surface area contributed by atoms with Gasteiger partial charge in [-0.3, -0.25) is 0 Å². The summed E-state index contributed by atoms with van der Waals surface area (Å²) in [6.45, 7) is 0. The summed E-state index contributed by atoms with van der Waals surface area (Å²) in [6, 6.07) is 10.1. The van der Waals surface area contributed by atoms with Crippen molar-refractivity contribution in [2.75, 3.05) is 0 Å². The van der Waals surface area contributed by atoms with Crippen LogP contribution in [0.5, 0.6) is 0 Å². The Hall–Kier alpha value is -1.57. The molecule has 0 saturated carbocycles. The molecule has 1 radical (unpaired) electrons. The van der Waals surface area contributed by atoms with Gasteiger partial charge in [-0.1, -0.05) is 30.3 Å². The third-order valence-corrected chi connectivity index (χ3v) is 3.01. The first-order valence-electron chi connectivity index (χ1n) is 5.49. The molecule has 2 heterocycles. The van der Waals surface area contributed by atoms with Crippen LogP contribution in [0.1, 0.15) is 34.5 Å². The summed E-state index contributed by atoms with van der Waals surface area (Å²) in [5.74, 6) is -0.421. The summed E-state index contributed by atoms with van der Waals surface area (Å²) in [5.41, 5.74) is 1.15. The van der Waals surface area contributed by atoms with Gasteiger partial charge in [0, 0.05) is 25.3 Å². The van der Waals surface area contributed by atoms with Crippen molar-refractivity contribution >= 4 is 24.8 Å². The minimum Gasteiger partial charge on any atom is -0.475 e. The fraction of sp³-hybridized carbons (Fsp3) is 0.250. The van der Waals surface area contributed by atoms with Crippen molar-refractivity contribution in [1.29, 1.82) is 0 Å². The Morgan fingerprint density at radius 1 is 1.33 bits per heavy atom. The monoisotopic (exact) mass is 236 g/mol. The fourth-order valence-electron chi connectivity index (χ4n) is 2.24. The van der Waals surface area contributed by atoms with E-state index in [-0.39, 0.29) is 30.7 Å². The van der Waals surface area contributed by atoms with E-state index in [2.05, 4.69) is 10.1 Å². The smallest absolute Gasteiger partial charge is 0.375 e. The van der Waals surface area contributed by atoms with Crippen LogP contribution in [-0.2, 0) is 6.42 Å². The first-order valence-corrected chi connectivity index (χ1v) is 5.49. The largest absolute Gasteiger partial charge is 0.475 e. The van der Waals surface area contributed by atoms with E-state index in [1.54, 1.807) is 4.68 Å². The van der Waals surface area contributed by atoms with Crippen LogP contribution in [0.15, 0.2) is 30.3 Å². The Balaban J connectivity index is 0.00000120. The van der Waals surface area contributed by atoms with Crippen molar-refractivity contribution in [3.05, 3.63) is 47.5 Å². The number of benzene rings is 1. The van der Waals surface area contributed by atoms with Gasteiger partial charge in [0.05, 0.1) is 6.04 Å². The SMILES string of the molecule is O=C(O)c1nc2n(n1)C(c1ccccc1)CC2.[Li]. The maximum atomic E-state index is 10.8. The second-order valence-corrected chi connectivity index (χ2v) is 4.07. The van der Waals surface area contributed by atoms with Crippen LogP contribution in [0.4, 0.5) is 0 Å². The number of rotatable bonds is 2. The Labute approximate surface area is 116 Å². The molecular formula is C12H11LiN3O2. The molecule has 1 unspecified atom stereocenters. The van der Waals surface area contributed by atoms with E-state index < -0.39 is 5.97 Å². The van der Waals surface area contributed by atoms with Crippen LogP contribution in [0.25, 0.3) is 0 Å². The van der Waals surface area contributed by atoms with Crippen molar-refractivity contribution in [3.8, 4) is 0 Å². The molecule has 1 atom stereocenters. The molecular weight excluding hydrogens is 225 g/mol. The molecule has 1 N–H and O–H groups in total. The normalized spacial score (nSPS) is 17.0. The first-order chi connectivity index (χ1) is 8.25. The van der Waals surface area contributed by atoms with Gasteiger partial charge < -0.3 is 5.11 Å². The number of hydrogen-bond acceptors (Lipinski definition) is 3. The van der Waals surface area contributed by atoms with Crippen LogP contribution in [0, 0.1) is 0 Å². The molecule has 1 aromatic carbocycles. The van der Waals surface area contributed by atoms with Gasteiger partial charge in [0.2, 0.25) is 0 Å². The fourth-order valence-corrected chi connectivity index (χ4v) is 2.24. The Bertz CT molecular complexity index is 568. The number of hydrogen-bond donors (Lipinski definition) is 1. The predicted octanol–water partition coefficient (Wildman–Crippen LogP) is 1.13. The predicted molar refractivity (Wildman–Crippen MR) is 65.6 cm³/mol. The summed E-state index contributed by atoms with van der Waals surface area (Å²) in [7, 11) is 0. The van der Waals surface area contributed by atoms with Gasteiger partial charge in [-0.2, -0.15) is 0 Å². The zero-order chi connectivity index (χ0) is 11.8. The minimum absolute atomic E-state index is 0. The number of fused-ring (bicyclic) bond motifs is 1. The van der Waals surface area contributed by atoms with Gasteiger partial charge >= 0.3 is 5.97 Å². The molecule has 6 heteroatoms. The summed E-state index contributed by atoms with van der Waals surface area (Å²) in [5, 5.41) is 12.9. The van der Waals surface area contributed by atoms with E-state index in [0.29, 0.717) is 0 Å². The number of aryl methyl sites for hydroxylation is 1. The van der Waals surface area contributed by atoms with Crippen molar-refractivity contribution in [2.24, 2.45) is 0 Å². The maximum absolute atomic E-state index is 10.8. The molecule has 2 aromatic rings. The second-order valence-electron chi connectivity index (χ2n) is 4.07. The third kappa shape index (κ3) is 2.07. The topological polar surface area (TPSA) is 68.0 Å². The number of nitrogens with zero attached hydrogens (tertiary/aromatic N) is 3. The Morgan fingerprint density at radius 3 is 2.72 bits per heavy atom. The molecule has 3 rings (SSSR count). The van der Waals surface area contributed by atoms with Crippen LogP contribution < -0.4 is 0 Å². The molecule has 0 bridgehead atoms. The van der Waals surface area contributed by atoms with E-state index in [4.69, 9.17) is 5.11 Å². The second kappa shape index (κ2) is 4.97. The number of carboxylic acids is 1. The van der Waals surface area contributed by atoms with Gasteiger partial charge in [0.25, 0.3) is 5.82 Å². The summed E-state index contributed by atoms with van der Waals surface area (Å²) < 4.78 is 1.73. The van der Waals surface area contributed by atoms with Crippen molar-refractivity contribution in [1.82, 2.24) is 14.8 Å². The molecule has 87 valence electrons. The third-order valence-electron chi connectivity index (χ3n) is 3.01. The number of carbonyl (C=O) groups is 1. The van der Waals surface area contributed by atoms with Crippen LogP contribution in [-0.4, -0.2) is 44.7 Å². The average molecular weight is 236 g/mol. The van der Waals surface area contributed by atoms with Gasteiger partial charge in [0.15, 0.2) is 0 Å². The average Bonchev–Trinajstić information content (AvgIpc) is 2.89. The Kier molecular flexibility index (Phi) is 3.55. The van der Waals surface area contributed by atoms with Gasteiger partial charge in [0.1, 0.15) is 5.82 Å². The molecule has 1 aliphatic heterocycles. The van der Waals surface area contributed by atoms with E-state index in [0.717, 1.165) is 24.2 Å². The van der Waals surface area contributed by atoms with Gasteiger partial charge in [-0.15, -0.1) is 5.10 Å². The number of carboxylic acid groups (broad SMARTS) is 1. The molecule has 0 aliphatic carbocycles. The van der Waals surface area contributed by atoms with E-state index >= 15 is 0 Å². The number of aromatic carboxylic acids is 1. The van der Waals surface area contributed by atoms with E-state index in [1.165, 1.54) is 0 Å². The molecule has 18 heavy (non-hydrogen) atoms. The van der Waals surface area contributed by atoms with Crippen molar-refractivity contribution < 1.29 is 9.90 Å². The molecule has 0 spiro atoms. The molecule has 0 fully saturated rings. The van der Waals surface area contributed by atoms with Crippen LogP contribution in [0.2, 0.25) is 0 Å².